The molecule has 3 N–H and O–H groups in total. The largest absolute Gasteiger partial charge is 0.395 e. The Labute approximate surface area is 120 Å². The molecule has 0 bridgehead atoms. The average Bonchev–Trinajstić information content (AvgIpc) is 2.46. The summed E-state index contributed by atoms with van der Waals surface area (Å²) in [6.45, 7) is 7.69. The van der Waals surface area contributed by atoms with Gasteiger partial charge in [-0.25, -0.2) is 9.97 Å². The second-order valence-electron chi connectivity index (χ2n) is 5.41. The molecule has 2 rings (SSSR count). The van der Waals surface area contributed by atoms with Gasteiger partial charge in [0, 0.05) is 26.2 Å². The zero-order chi connectivity index (χ0) is 14.5. The van der Waals surface area contributed by atoms with Crippen LogP contribution in [-0.4, -0.2) is 47.9 Å². The number of nitrogens with zero attached hydrogens (tertiary/aromatic N) is 4. The van der Waals surface area contributed by atoms with Crippen molar-refractivity contribution in [2.75, 3.05) is 48.3 Å². The topological polar surface area (TPSA) is 78.5 Å². The van der Waals surface area contributed by atoms with Crippen molar-refractivity contribution >= 4 is 17.3 Å². The Balaban J connectivity index is 2.22. The third-order valence-corrected chi connectivity index (χ3v) is 3.98. The van der Waals surface area contributed by atoms with Crippen LogP contribution in [0.2, 0.25) is 0 Å². The molecule has 1 fully saturated rings. The van der Waals surface area contributed by atoms with Gasteiger partial charge in [-0.05, 0) is 25.7 Å². The number of nitrogen functional groups attached to an aromatic ring is 1. The van der Waals surface area contributed by atoms with Gasteiger partial charge in [-0.15, -0.1) is 0 Å². The SMILES string of the molecule is CCN(CCO)c1ncnc(N2CCC(C)CC2)c1N. The Morgan fingerprint density at radius 3 is 2.70 bits per heavy atom. The molecule has 1 aliphatic rings. The number of rotatable bonds is 5. The molecule has 0 radical (unpaired) electrons. The summed E-state index contributed by atoms with van der Waals surface area (Å²) in [7, 11) is 0. The minimum atomic E-state index is 0.0911. The highest BCUT2D eigenvalue weighted by Gasteiger charge is 2.21. The summed E-state index contributed by atoms with van der Waals surface area (Å²) in [5.74, 6) is 2.33. The van der Waals surface area contributed by atoms with Crippen molar-refractivity contribution in [1.82, 2.24) is 9.97 Å². The maximum absolute atomic E-state index is 9.13. The quantitative estimate of drug-likeness (QED) is 0.841. The Bertz CT molecular complexity index is 432. The molecule has 1 aromatic rings. The molecular weight excluding hydrogens is 254 g/mol. The molecule has 0 unspecified atom stereocenters. The van der Waals surface area contributed by atoms with Gasteiger partial charge in [0.05, 0.1) is 6.61 Å². The second kappa shape index (κ2) is 6.74. The van der Waals surface area contributed by atoms with Gasteiger partial charge in [-0.3, -0.25) is 0 Å². The van der Waals surface area contributed by atoms with E-state index < -0.39 is 0 Å². The minimum Gasteiger partial charge on any atom is -0.395 e. The van der Waals surface area contributed by atoms with Gasteiger partial charge in [0.2, 0.25) is 0 Å². The van der Waals surface area contributed by atoms with Crippen LogP contribution in [0.1, 0.15) is 26.7 Å². The Morgan fingerprint density at radius 2 is 2.10 bits per heavy atom. The summed E-state index contributed by atoms with van der Waals surface area (Å²) in [4.78, 5) is 12.9. The lowest BCUT2D eigenvalue weighted by atomic mass is 9.99. The number of aliphatic hydroxyl groups is 1. The highest BCUT2D eigenvalue weighted by Crippen LogP contribution is 2.31. The Kier molecular flexibility index (Phi) is 5.00. The molecule has 2 heterocycles. The first-order valence-electron chi connectivity index (χ1n) is 7.38. The summed E-state index contributed by atoms with van der Waals surface area (Å²) < 4.78 is 0. The lowest BCUT2D eigenvalue weighted by Crippen LogP contribution is -2.35. The molecule has 0 saturated carbocycles. The van der Waals surface area contributed by atoms with Gasteiger partial charge in [0.15, 0.2) is 11.6 Å². The summed E-state index contributed by atoms with van der Waals surface area (Å²) in [6, 6.07) is 0. The van der Waals surface area contributed by atoms with E-state index in [1.807, 2.05) is 11.8 Å². The van der Waals surface area contributed by atoms with Gasteiger partial charge < -0.3 is 20.6 Å². The van der Waals surface area contributed by atoms with Crippen molar-refractivity contribution in [3.63, 3.8) is 0 Å². The maximum atomic E-state index is 9.13. The first-order valence-corrected chi connectivity index (χ1v) is 7.38. The minimum absolute atomic E-state index is 0.0911. The van der Waals surface area contributed by atoms with E-state index in [1.54, 1.807) is 6.33 Å². The van der Waals surface area contributed by atoms with E-state index in [9.17, 15) is 0 Å². The predicted octanol–water partition coefficient (Wildman–Crippen LogP) is 1.11. The van der Waals surface area contributed by atoms with Crippen LogP contribution in [0, 0.1) is 5.92 Å². The molecule has 1 aliphatic heterocycles. The lowest BCUT2D eigenvalue weighted by Gasteiger charge is -2.33. The number of nitrogens with two attached hydrogens (primary N) is 1. The van der Waals surface area contributed by atoms with Crippen molar-refractivity contribution in [3.05, 3.63) is 6.33 Å². The lowest BCUT2D eigenvalue weighted by molar-refractivity contribution is 0.302. The third-order valence-electron chi connectivity index (χ3n) is 3.98. The normalized spacial score (nSPS) is 16.4. The highest BCUT2D eigenvalue weighted by atomic mass is 16.3. The van der Waals surface area contributed by atoms with Gasteiger partial charge >= 0.3 is 0 Å². The molecule has 6 nitrogen and oxygen atoms in total. The van der Waals surface area contributed by atoms with E-state index in [4.69, 9.17) is 10.8 Å². The molecule has 0 atom stereocenters. The monoisotopic (exact) mass is 279 g/mol. The molecule has 20 heavy (non-hydrogen) atoms. The first-order chi connectivity index (χ1) is 9.67. The number of piperidine rings is 1. The van der Waals surface area contributed by atoms with Crippen LogP contribution in [0.5, 0.6) is 0 Å². The second-order valence-corrected chi connectivity index (χ2v) is 5.41. The third kappa shape index (κ3) is 3.12. The van der Waals surface area contributed by atoms with Crippen LogP contribution >= 0.6 is 0 Å². The Morgan fingerprint density at radius 1 is 1.40 bits per heavy atom. The Hall–Kier alpha value is -1.56. The smallest absolute Gasteiger partial charge is 0.157 e. The fraction of sp³-hybridized carbons (Fsp3) is 0.714. The number of aliphatic hydroxyl groups excluding tert-OH is 1. The zero-order valence-electron chi connectivity index (χ0n) is 12.4. The van der Waals surface area contributed by atoms with Crippen LogP contribution in [0.15, 0.2) is 6.33 Å². The maximum Gasteiger partial charge on any atom is 0.157 e. The van der Waals surface area contributed by atoms with E-state index in [0.717, 1.165) is 37.2 Å². The van der Waals surface area contributed by atoms with Crippen molar-refractivity contribution in [2.24, 2.45) is 5.92 Å². The molecule has 0 spiro atoms. The van der Waals surface area contributed by atoms with Crippen molar-refractivity contribution in [1.29, 1.82) is 0 Å². The van der Waals surface area contributed by atoms with E-state index >= 15 is 0 Å². The molecular formula is C14H25N5O. The first kappa shape index (κ1) is 14.8. The van der Waals surface area contributed by atoms with Gasteiger partial charge in [0.1, 0.15) is 12.0 Å². The molecule has 6 heteroatoms. The molecule has 112 valence electrons. The van der Waals surface area contributed by atoms with E-state index in [-0.39, 0.29) is 6.61 Å². The van der Waals surface area contributed by atoms with Crippen molar-refractivity contribution in [2.45, 2.75) is 26.7 Å². The number of aromatic nitrogens is 2. The number of hydrogen-bond acceptors (Lipinski definition) is 6. The predicted molar refractivity (Wildman–Crippen MR) is 82.0 cm³/mol. The van der Waals surface area contributed by atoms with Crippen LogP contribution in [-0.2, 0) is 0 Å². The fourth-order valence-electron chi connectivity index (χ4n) is 2.64. The molecule has 1 aromatic heterocycles. The van der Waals surface area contributed by atoms with Crippen LogP contribution in [0.25, 0.3) is 0 Å². The van der Waals surface area contributed by atoms with Crippen LogP contribution in [0.4, 0.5) is 17.3 Å². The van der Waals surface area contributed by atoms with Gasteiger partial charge in [-0.2, -0.15) is 0 Å². The van der Waals surface area contributed by atoms with Gasteiger partial charge in [-0.1, -0.05) is 6.92 Å². The van der Waals surface area contributed by atoms with E-state index in [2.05, 4.69) is 21.8 Å². The van der Waals surface area contributed by atoms with Crippen molar-refractivity contribution < 1.29 is 5.11 Å². The number of likely N-dealkylation sites (N-methyl/N-ethyl adjacent to an activating group) is 1. The number of hydrogen-bond donors (Lipinski definition) is 2. The summed E-state index contributed by atoms with van der Waals surface area (Å²) >= 11 is 0. The van der Waals surface area contributed by atoms with Crippen LogP contribution < -0.4 is 15.5 Å². The highest BCUT2D eigenvalue weighted by molar-refractivity contribution is 5.75. The number of anilines is 3. The zero-order valence-corrected chi connectivity index (χ0v) is 12.4. The summed E-state index contributed by atoms with van der Waals surface area (Å²) in [5.41, 5.74) is 6.89. The molecule has 1 saturated heterocycles. The standard InChI is InChI=1S/C14H25N5O/c1-3-18(8-9-20)13-12(15)14(17-10-16-13)19-6-4-11(2)5-7-19/h10-11,20H,3-9,15H2,1-2H3. The molecule has 0 aliphatic carbocycles. The van der Waals surface area contributed by atoms with E-state index in [1.165, 1.54) is 12.8 Å². The molecule has 0 amide bonds. The summed E-state index contributed by atoms with van der Waals surface area (Å²) in [5, 5.41) is 9.13. The average molecular weight is 279 g/mol. The molecule has 0 aromatic carbocycles. The van der Waals surface area contributed by atoms with Crippen LogP contribution in [0.3, 0.4) is 0 Å². The van der Waals surface area contributed by atoms with Crippen molar-refractivity contribution in [3.8, 4) is 0 Å². The van der Waals surface area contributed by atoms with Gasteiger partial charge in [0.25, 0.3) is 0 Å². The summed E-state index contributed by atoms with van der Waals surface area (Å²) in [6.07, 6.45) is 3.92. The van der Waals surface area contributed by atoms with E-state index in [0.29, 0.717) is 12.2 Å². The fourth-order valence-corrected chi connectivity index (χ4v) is 2.64.